The maximum absolute atomic E-state index is 12.9. The molecule has 20 heavy (non-hydrogen) atoms. The molecule has 2 aromatic rings. The Morgan fingerprint density at radius 3 is 2.45 bits per heavy atom. The lowest BCUT2D eigenvalue weighted by molar-refractivity contribution is 0.0602. The second kappa shape index (κ2) is 6.19. The van der Waals surface area contributed by atoms with Crippen LogP contribution < -0.4 is 5.32 Å². The van der Waals surface area contributed by atoms with Crippen LogP contribution in [-0.2, 0) is 4.74 Å². The van der Waals surface area contributed by atoms with Gasteiger partial charge in [-0.15, -0.1) is 0 Å². The summed E-state index contributed by atoms with van der Waals surface area (Å²) in [7, 11) is 1.35. The number of methoxy groups -OCH3 is 1. The van der Waals surface area contributed by atoms with E-state index in [1.165, 1.54) is 19.2 Å². The third-order valence-electron chi connectivity index (χ3n) is 3.07. The molecule has 2 rings (SSSR count). The Labute approximate surface area is 117 Å². The fourth-order valence-corrected chi connectivity index (χ4v) is 1.96. The molecule has 104 valence electrons. The zero-order chi connectivity index (χ0) is 14.5. The van der Waals surface area contributed by atoms with Gasteiger partial charge in [-0.3, -0.25) is 0 Å². The number of para-hydroxylation sites is 1. The molecule has 0 aliphatic heterocycles. The van der Waals surface area contributed by atoms with Crippen LogP contribution in [0.25, 0.3) is 0 Å². The smallest absolute Gasteiger partial charge is 0.339 e. The summed E-state index contributed by atoms with van der Waals surface area (Å²) in [4.78, 5) is 11.7. The first-order valence-corrected chi connectivity index (χ1v) is 6.31. The van der Waals surface area contributed by atoms with Gasteiger partial charge in [0, 0.05) is 11.7 Å². The van der Waals surface area contributed by atoms with E-state index in [-0.39, 0.29) is 17.8 Å². The van der Waals surface area contributed by atoms with Gasteiger partial charge < -0.3 is 10.1 Å². The van der Waals surface area contributed by atoms with E-state index in [1.54, 1.807) is 24.3 Å². The van der Waals surface area contributed by atoms with Gasteiger partial charge in [-0.1, -0.05) is 24.3 Å². The van der Waals surface area contributed by atoms with Crippen LogP contribution in [0.5, 0.6) is 0 Å². The van der Waals surface area contributed by atoms with Crippen molar-refractivity contribution in [2.75, 3.05) is 12.4 Å². The summed E-state index contributed by atoms with van der Waals surface area (Å²) < 4.78 is 17.7. The summed E-state index contributed by atoms with van der Waals surface area (Å²) in [6.45, 7) is 1.95. The second-order valence-electron chi connectivity index (χ2n) is 4.45. The standard InChI is InChI=1S/C16H16FNO2/c1-11(12-7-9-13(17)10-8-12)18-15-6-4-3-5-14(15)16(19)20-2/h3-11,18H,1-2H3. The van der Waals surface area contributed by atoms with Crippen molar-refractivity contribution in [3.8, 4) is 0 Å². The molecule has 4 heteroatoms. The van der Waals surface area contributed by atoms with Gasteiger partial charge in [0.2, 0.25) is 0 Å². The predicted molar refractivity (Wildman–Crippen MR) is 76.2 cm³/mol. The highest BCUT2D eigenvalue weighted by Crippen LogP contribution is 2.23. The lowest BCUT2D eigenvalue weighted by atomic mass is 10.1. The molecule has 0 radical (unpaired) electrons. The van der Waals surface area contributed by atoms with Gasteiger partial charge in [0.15, 0.2) is 0 Å². The number of halogens is 1. The number of anilines is 1. The van der Waals surface area contributed by atoms with E-state index >= 15 is 0 Å². The molecule has 1 unspecified atom stereocenters. The Hall–Kier alpha value is -2.36. The highest BCUT2D eigenvalue weighted by Gasteiger charge is 2.13. The summed E-state index contributed by atoms with van der Waals surface area (Å²) in [5.74, 6) is -0.657. The molecule has 0 amide bonds. The van der Waals surface area contributed by atoms with Gasteiger partial charge in [0.05, 0.1) is 12.7 Å². The second-order valence-corrected chi connectivity index (χ2v) is 4.45. The summed E-state index contributed by atoms with van der Waals surface area (Å²) in [5, 5.41) is 3.24. The molecule has 0 bridgehead atoms. The van der Waals surface area contributed by atoms with Gasteiger partial charge in [-0.2, -0.15) is 0 Å². The Morgan fingerprint density at radius 2 is 1.80 bits per heavy atom. The van der Waals surface area contributed by atoms with E-state index in [4.69, 9.17) is 4.74 Å². The topological polar surface area (TPSA) is 38.3 Å². The van der Waals surface area contributed by atoms with Crippen LogP contribution in [0.1, 0.15) is 28.9 Å². The first-order chi connectivity index (χ1) is 9.61. The van der Waals surface area contributed by atoms with Crippen LogP contribution in [0.3, 0.4) is 0 Å². The molecule has 1 atom stereocenters. The average molecular weight is 273 g/mol. The zero-order valence-electron chi connectivity index (χ0n) is 11.4. The predicted octanol–water partition coefficient (Wildman–Crippen LogP) is 3.79. The molecule has 0 saturated carbocycles. The van der Waals surface area contributed by atoms with Crippen molar-refractivity contribution in [2.24, 2.45) is 0 Å². The molecule has 0 fully saturated rings. The number of benzene rings is 2. The molecule has 0 saturated heterocycles. The average Bonchev–Trinajstić information content (AvgIpc) is 2.47. The van der Waals surface area contributed by atoms with Crippen molar-refractivity contribution >= 4 is 11.7 Å². The fraction of sp³-hybridized carbons (Fsp3) is 0.188. The van der Waals surface area contributed by atoms with Crippen LogP contribution in [0.15, 0.2) is 48.5 Å². The highest BCUT2D eigenvalue weighted by molar-refractivity contribution is 5.95. The Kier molecular flexibility index (Phi) is 4.35. The Bertz CT molecular complexity index is 596. The Balaban J connectivity index is 2.21. The molecule has 0 aliphatic rings. The molecular weight excluding hydrogens is 257 g/mol. The van der Waals surface area contributed by atoms with Crippen molar-refractivity contribution in [3.63, 3.8) is 0 Å². The number of esters is 1. The lowest BCUT2D eigenvalue weighted by Crippen LogP contribution is -2.11. The minimum atomic E-state index is -0.389. The third-order valence-corrected chi connectivity index (χ3v) is 3.07. The molecule has 0 heterocycles. The molecular formula is C16H16FNO2. The monoisotopic (exact) mass is 273 g/mol. The lowest BCUT2D eigenvalue weighted by Gasteiger charge is -2.17. The van der Waals surface area contributed by atoms with Crippen molar-refractivity contribution in [1.29, 1.82) is 0 Å². The van der Waals surface area contributed by atoms with E-state index in [0.717, 1.165) is 5.56 Å². The molecule has 0 aliphatic carbocycles. The SMILES string of the molecule is COC(=O)c1ccccc1NC(C)c1ccc(F)cc1. The first kappa shape index (κ1) is 14.1. The maximum atomic E-state index is 12.9. The number of nitrogens with one attached hydrogen (secondary N) is 1. The van der Waals surface area contributed by atoms with Crippen molar-refractivity contribution in [1.82, 2.24) is 0 Å². The van der Waals surface area contributed by atoms with Gasteiger partial charge in [0.1, 0.15) is 5.82 Å². The molecule has 2 aromatic carbocycles. The molecule has 0 spiro atoms. The normalized spacial score (nSPS) is 11.8. The quantitative estimate of drug-likeness (QED) is 0.861. The van der Waals surface area contributed by atoms with Crippen LogP contribution in [0.2, 0.25) is 0 Å². The Morgan fingerprint density at radius 1 is 1.15 bits per heavy atom. The largest absolute Gasteiger partial charge is 0.465 e. The van der Waals surface area contributed by atoms with E-state index in [9.17, 15) is 9.18 Å². The minimum absolute atomic E-state index is 0.0543. The molecule has 1 N–H and O–H groups in total. The van der Waals surface area contributed by atoms with E-state index in [1.807, 2.05) is 19.1 Å². The van der Waals surface area contributed by atoms with Gasteiger partial charge in [-0.25, -0.2) is 9.18 Å². The van der Waals surface area contributed by atoms with Crippen LogP contribution in [0.4, 0.5) is 10.1 Å². The minimum Gasteiger partial charge on any atom is -0.465 e. The van der Waals surface area contributed by atoms with Crippen LogP contribution in [-0.4, -0.2) is 13.1 Å². The van der Waals surface area contributed by atoms with Gasteiger partial charge in [-0.05, 0) is 36.8 Å². The number of ether oxygens (including phenoxy) is 1. The number of hydrogen-bond donors (Lipinski definition) is 1. The van der Waals surface area contributed by atoms with Crippen LogP contribution in [0, 0.1) is 5.82 Å². The number of carbonyl (C=O) groups excluding carboxylic acids is 1. The summed E-state index contributed by atoms with van der Waals surface area (Å²) in [5.41, 5.74) is 2.10. The van der Waals surface area contributed by atoms with Gasteiger partial charge in [0.25, 0.3) is 0 Å². The highest BCUT2D eigenvalue weighted by atomic mass is 19.1. The van der Waals surface area contributed by atoms with Gasteiger partial charge >= 0.3 is 5.97 Å². The molecule has 3 nitrogen and oxygen atoms in total. The maximum Gasteiger partial charge on any atom is 0.339 e. The van der Waals surface area contributed by atoms with Crippen molar-refractivity contribution in [3.05, 3.63) is 65.5 Å². The zero-order valence-corrected chi connectivity index (χ0v) is 11.4. The number of hydrogen-bond acceptors (Lipinski definition) is 3. The summed E-state index contributed by atoms with van der Waals surface area (Å²) in [6.07, 6.45) is 0. The number of carbonyl (C=O) groups is 1. The van der Waals surface area contributed by atoms with Crippen molar-refractivity contribution in [2.45, 2.75) is 13.0 Å². The summed E-state index contributed by atoms with van der Waals surface area (Å²) in [6, 6.07) is 13.3. The van der Waals surface area contributed by atoms with Crippen molar-refractivity contribution < 1.29 is 13.9 Å². The van der Waals surface area contributed by atoms with E-state index in [2.05, 4.69) is 5.32 Å². The summed E-state index contributed by atoms with van der Waals surface area (Å²) >= 11 is 0. The molecule has 0 aromatic heterocycles. The fourth-order valence-electron chi connectivity index (χ4n) is 1.96. The number of rotatable bonds is 4. The van der Waals surface area contributed by atoms with E-state index < -0.39 is 0 Å². The van der Waals surface area contributed by atoms with E-state index in [0.29, 0.717) is 11.3 Å². The third kappa shape index (κ3) is 3.15. The first-order valence-electron chi connectivity index (χ1n) is 6.31. The van der Waals surface area contributed by atoms with Crippen LogP contribution >= 0.6 is 0 Å².